The van der Waals surface area contributed by atoms with Gasteiger partial charge in [0.25, 0.3) is 0 Å². The normalized spacial score (nSPS) is 39.9. The Morgan fingerprint density at radius 2 is 2.15 bits per heavy atom. The highest BCUT2D eigenvalue weighted by molar-refractivity contribution is 5.14. The van der Waals surface area contributed by atoms with Gasteiger partial charge >= 0.3 is 0 Å². The second-order valence-electron chi connectivity index (χ2n) is 4.48. The molecule has 0 unspecified atom stereocenters. The van der Waals surface area contributed by atoms with Crippen molar-refractivity contribution in [3.8, 4) is 0 Å². The maximum absolute atomic E-state index is 10.3. The molecule has 0 saturated heterocycles. The van der Waals surface area contributed by atoms with Crippen LogP contribution in [0.15, 0.2) is 24.8 Å². The lowest BCUT2D eigenvalue weighted by molar-refractivity contribution is -0.00654. The topological polar surface area (TPSA) is 20.2 Å². The fourth-order valence-electron chi connectivity index (χ4n) is 2.40. The molecule has 1 N–H and O–H groups in total. The van der Waals surface area contributed by atoms with Crippen LogP contribution < -0.4 is 0 Å². The summed E-state index contributed by atoms with van der Waals surface area (Å²) >= 11 is 0. The van der Waals surface area contributed by atoms with Gasteiger partial charge in [0.15, 0.2) is 0 Å². The average Bonchev–Trinajstić information content (AvgIpc) is 2.03. The summed E-state index contributed by atoms with van der Waals surface area (Å²) in [5.74, 6) is 0.805. The minimum atomic E-state index is -0.705. The molecule has 1 aliphatic carbocycles. The molecule has 3 atom stereocenters. The molecule has 1 fully saturated rings. The van der Waals surface area contributed by atoms with Crippen LogP contribution in [0.2, 0.25) is 0 Å². The molecule has 1 rings (SSSR count). The second-order valence-corrected chi connectivity index (χ2v) is 4.48. The van der Waals surface area contributed by atoms with Crippen LogP contribution in [0.3, 0.4) is 0 Å². The van der Waals surface area contributed by atoms with Gasteiger partial charge in [-0.05, 0) is 32.1 Å². The van der Waals surface area contributed by atoms with Crippen molar-refractivity contribution in [1.29, 1.82) is 0 Å². The van der Waals surface area contributed by atoms with E-state index in [9.17, 15) is 5.11 Å². The SMILES string of the molecule is C=C[C@]1(O)C[C@H](C)CC[C@H]1C(=C)C. The molecule has 0 aromatic heterocycles. The predicted molar refractivity (Wildman–Crippen MR) is 56.5 cm³/mol. The van der Waals surface area contributed by atoms with Crippen molar-refractivity contribution >= 4 is 0 Å². The highest BCUT2D eigenvalue weighted by Crippen LogP contribution is 2.40. The van der Waals surface area contributed by atoms with Crippen LogP contribution in [0.1, 0.15) is 33.1 Å². The summed E-state index contributed by atoms with van der Waals surface area (Å²) in [6.07, 6.45) is 4.75. The minimum absolute atomic E-state index is 0.209. The Balaban J connectivity index is 2.84. The minimum Gasteiger partial charge on any atom is -0.385 e. The van der Waals surface area contributed by atoms with E-state index in [0.29, 0.717) is 5.92 Å². The first-order valence-electron chi connectivity index (χ1n) is 5.01. The fourth-order valence-corrected chi connectivity index (χ4v) is 2.40. The zero-order valence-electron chi connectivity index (χ0n) is 8.71. The van der Waals surface area contributed by atoms with E-state index in [4.69, 9.17) is 0 Å². The van der Waals surface area contributed by atoms with Gasteiger partial charge in [0, 0.05) is 5.92 Å². The summed E-state index contributed by atoms with van der Waals surface area (Å²) in [5, 5.41) is 10.3. The number of hydrogen-bond acceptors (Lipinski definition) is 1. The number of aliphatic hydroxyl groups is 1. The molecule has 0 aromatic rings. The third-order valence-electron chi connectivity index (χ3n) is 3.18. The van der Waals surface area contributed by atoms with Gasteiger partial charge in [0.1, 0.15) is 0 Å². The second kappa shape index (κ2) is 3.67. The van der Waals surface area contributed by atoms with Crippen molar-refractivity contribution in [2.24, 2.45) is 11.8 Å². The maximum atomic E-state index is 10.3. The van der Waals surface area contributed by atoms with Crippen LogP contribution in [-0.2, 0) is 0 Å². The highest BCUT2D eigenvalue weighted by atomic mass is 16.3. The summed E-state index contributed by atoms with van der Waals surface area (Å²) < 4.78 is 0. The van der Waals surface area contributed by atoms with Crippen molar-refractivity contribution in [3.63, 3.8) is 0 Å². The van der Waals surface area contributed by atoms with E-state index in [-0.39, 0.29) is 5.92 Å². The van der Waals surface area contributed by atoms with E-state index in [1.165, 1.54) is 6.42 Å². The molecule has 74 valence electrons. The lowest BCUT2D eigenvalue weighted by Gasteiger charge is -2.41. The molecule has 0 bridgehead atoms. The predicted octanol–water partition coefficient (Wildman–Crippen LogP) is 2.92. The van der Waals surface area contributed by atoms with Gasteiger partial charge in [-0.15, -0.1) is 6.58 Å². The zero-order chi connectivity index (χ0) is 10.1. The van der Waals surface area contributed by atoms with Crippen molar-refractivity contribution in [3.05, 3.63) is 24.8 Å². The molecule has 0 amide bonds. The summed E-state index contributed by atoms with van der Waals surface area (Å²) in [6, 6.07) is 0. The van der Waals surface area contributed by atoms with Crippen LogP contribution in [-0.4, -0.2) is 10.7 Å². The molecule has 0 aliphatic heterocycles. The molecule has 1 saturated carbocycles. The van der Waals surface area contributed by atoms with Gasteiger partial charge in [-0.1, -0.05) is 25.2 Å². The van der Waals surface area contributed by atoms with Gasteiger partial charge in [-0.3, -0.25) is 0 Å². The average molecular weight is 180 g/mol. The summed E-state index contributed by atoms with van der Waals surface area (Å²) in [7, 11) is 0. The van der Waals surface area contributed by atoms with Crippen molar-refractivity contribution in [2.75, 3.05) is 0 Å². The molecule has 1 nitrogen and oxygen atoms in total. The van der Waals surface area contributed by atoms with Crippen molar-refractivity contribution in [2.45, 2.75) is 38.7 Å². The first-order chi connectivity index (χ1) is 5.99. The maximum Gasteiger partial charge on any atom is 0.0892 e. The van der Waals surface area contributed by atoms with Crippen molar-refractivity contribution in [1.82, 2.24) is 0 Å². The molecule has 0 heterocycles. The first-order valence-corrected chi connectivity index (χ1v) is 5.01. The molecular formula is C12H20O. The lowest BCUT2D eigenvalue weighted by atomic mass is 9.69. The Labute approximate surface area is 81.2 Å². The molecule has 1 heteroatoms. The van der Waals surface area contributed by atoms with Gasteiger partial charge in [0.2, 0.25) is 0 Å². The first kappa shape index (κ1) is 10.5. The Hall–Kier alpha value is -0.560. The smallest absolute Gasteiger partial charge is 0.0892 e. The van der Waals surface area contributed by atoms with E-state index in [0.717, 1.165) is 18.4 Å². The van der Waals surface area contributed by atoms with Crippen LogP contribution in [0, 0.1) is 11.8 Å². The molecular weight excluding hydrogens is 160 g/mol. The quantitative estimate of drug-likeness (QED) is 0.648. The zero-order valence-corrected chi connectivity index (χ0v) is 8.71. The molecule has 0 aromatic carbocycles. The largest absolute Gasteiger partial charge is 0.385 e. The Bertz CT molecular complexity index is 219. The summed E-state index contributed by atoms with van der Waals surface area (Å²) in [4.78, 5) is 0. The van der Waals surface area contributed by atoms with Crippen LogP contribution >= 0.6 is 0 Å². The molecule has 0 spiro atoms. The Morgan fingerprint density at radius 1 is 1.54 bits per heavy atom. The van der Waals surface area contributed by atoms with Gasteiger partial charge in [-0.2, -0.15) is 0 Å². The van der Waals surface area contributed by atoms with Crippen LogP contribution in [0.25, 0.3) is 0 Å². The van der Waals surface area contributed by atoms with Crippen LogP contribution in [0.4, 0.5) is 0 Å². The van der Waals surface area contributed by atoms with Gasteiger partial charge in [-0.25, -0.2) is 0 Å². The van der Waals surface area contributed by atoms with E-state index in [2.05, 4.69) is 20.1 Å². The third kappa shape index (κ3) is 2.02. The molecule has 1 aliphatic rings. The Kier molecular flexibility index (Phi) is 2.97. The van der Waals surface area contributed by atoms with E-state index >= 15 is 0 Å². The monoisotopic (exact) mass is 180 g/mol. The van der Waals surface area contributed by atoms with Crippen molar-refractivity contribution < 1.29 is 5.11 Å². The van der Waals surface area contributed by atoms with Gasteiger partial charge < -0.3 is 5.11 Å². The number of hydrogen-bond donors (Lipinski definition) is 1. The summed E-state index contributed by atoms with van der Waals surface area (Å²) in [5.41, 5.74) is 0.373. The Morgan fingerprint density at radius 3 is 2.62 bits per heavy atom. The van der Waals surface area contributed by atoms with Gasteiger partial charge in [0.05, 0.1) is 5.60 Å². The number of rotatable bonds is 2. The van der Waals surface area contributed by atoms with E-state index in [1.54, 1.807) is 6.08 Å². The third-order valence-corrected chi connectivity index (χ3v) is 3.18. The van der Waals surface area contributed by atoms with Crippen LogP contribution in [0.5, 0.6) is 0 Å². The highest BCUT2D eigenvalue weighted by Gasteiger charge is 2.38. The summed E-state index contributed by atoms with van der Waals surface area (Å²) in [6.45, 7) is 11.9. The standard InChI is InChI=1S/C12H20O/c1-5-12(13)8-10(4)6-7-11(12)9(2)3/h5,10-11,13H,1-2,6-8H2,3-4H3/t10-,11+,12+/m1/s1. The fraction of sp³-hybridized carbons (Fsp3) is 0.667. The molecule has 0 radical (unpaired) electrons. The lowest BCUT2D eigenvalue weighted by Crippen LogP contribution is -2.41. The van der Waals surface area contributed by atoms with E-state index in [1.807, 2.05) is 6.92 Å². The van der Waals surface area contributed by atoms with E-state index < -0.39 is 5.60 Å². The molecule has 13 heavy (non-hydrogen) atoms.